The smallest absolute Gasteiger partial charge is 0.241 e. The molecule has 0 amide bonds. The van der Waals surface area contributed by atoms with Crippen LogP contribution in [0.3, 0.4) is 0 Å². The molecule has 5 nitrogen and oxygen atoms in total. The van der Waals surface area contributed by atoms with E-state index in [1.807, 2.05) is 18.2 Å². The van der Waals surface area contributed by atoms with E-state index in [1.165, 1.54) is 5.56 Å². The quantitative estimate of drug-likeness (QED) is 0.668. The number of hydrogen-bond acceptors (Lipinski definition) is 4. The maximum atomic E-state index is 5.88. The fourth-order valence-corrected chi connectivity index (χ4v) is 2.32. The molecule has 118 valence electrons. The van der Waals surface area contributed by atoms with Crippen molar-refractivity contribution in [3.05, 3.63) is 64.9 Å². The second-order valence-corrected chi connectivity index (χ2v) is 5.36. The van der Waals surface area contributed by atoms with Gasteiger partial charge in [0.05, 0.1) is 7.11 Å². The van der Waals surface area contributed by atoms with E-state index < -0.39 is 0 Å². The number of pyridine rings is 1. The molecule has 0 atom stereocenters. The standard InChI is InChI=1S/C17H16ClN3O2/c1-12-5-3-4-6-13(12)11-23-16-9-10-21(20-16)14-7-8-15(18)19-17(14)22-2/h3-10H,11H2,1-2H3. The number of ether oxygens (including phenoxy) is 2. The highest BCUT2D eigenvalue weighted by molar-refractivity contribution is 6.29. The highest BCUT2D eigenvalue weighted by Crippen LogP contribution is 2.23. The Labute approximate surface area is 139 Å². The van der Waals surface area contributed by atoms with Crippen LogP contribution < -0.4 is 9.47 Å². The Hall–Kier alpha value is -2.53. The number of aromatic nitrogens is 3. The van der Waals surface area contributed by atoms with Gasteiger partial charge in [-0.3, -0.25) is 0 Å². The molecule has 0 fully saturated rings. The van der Waals surface area contributed by atoms with Crippen LogP contribution in [0.4, 0.5) is 0 Å². The van der Waals surface area contributed by atoms with Crippen molar-refractivity contribution in [1.82, 2.24) is 14.8 Å². The van der Waals surface area contributed by atoms with E-state index in [4.69, 9.17) is 21.1 Å². The molecule has 2 heterocycles. The van der Waals surface area contributed by atoms with Crippen molar-refractivity contribution in [2.24, 2.45) is 0 Å². The lowest BCUT2D eigenvalue weighted by Gasteiger charge is -2.08. The predicted molar refractivity (Wildman–Crippen MR) is 88.4 cm³/mol. The third kappa shape index (κ3) is 3.46. The number of rotatable bonds is 5. The Morgan fingerprint density at radius 2 is 1.96 bits per heavy atom. The van der Waals surface area contributed by atoms with Crippen LogP contribution in [-0.4, -0.2) is 21.9 Å². The lowest BCUT2D eigenvalue weighted by atomic mass is 10.1. The first-order chi connectivity index (χ1) is 11.2. The lowest BCUT2D eigenvalue weighted by molar-refractivity contribution is 0.291. The van der Waals surface area contributed by atoms with Gasteiger partial charge in [-0.05, 0) is 30.2 Å². The summed E-state index contributed by atoms with van der Waals surface area (Å²) in [6.45, 7) is 2.53. The van der Waals surface area contributed by atoms with E-state index in [0.717, 1.165) is 5.56 Å². The second kappa shape index (κ2) is 6.71. The van der Waals surface area contributed by atoms with Crippen molar-refractivity contribution in [2.75, 3.05) is 7.11 Å². The summed E-state index contributed by atoms with van der Waals surface area (Å²) < 4.78 is 12.6. The number of aryl methyl sites for hydroxylation is 1. The number of hydrogen-bond donors (Lipinski definition) is 0. The number of benzene rings is 1. The molecule has 0 radical (unpaired) electrons. The second-order valence-electron chi connectivity index (χ2n) is 4.98. The summed E-state index contributed by atoms with van der Waals surface area (Å²) in [7, 11) is 1.54. The van der Waals surface area contributed by atoms with Gasteiger partial charge >= 0.3 is 0 Å². The van der Waals surface area contributed by atoms with Crippen LogP contribution in [0.5, 0.6) is 11.8 Å². The SMILES string of the molecule is COc1nc(Cl)ccc1-n1ccc(OCc2ccccc2C)n1. The van der Waals surface area contributed by atoms with Gasteiger partial charge in [0, 0.05) is 12.3 Å². The van der Waals surface area contributed by atoms with Crippen molar-refractivity contribution in [3.63, 3.8) is 0 Å². The molecule has 3 aromatic rings. The van der Waals surface area contributed by atoms with E-state index in [9.17, 15) is 0 Å². The zero-order valence-corrected chi connectivity index (χ0v) is 13.6. The first kappa shape index (κ1) is 15.4. The Kier molecular flexibility index (Phi) is 4.48. The maximum Gasteiger partial charge on any atom is 0.241 e. The Morgan fingerprint density at radius 3 is 2.74 bits per heavy atom. The molecule has 0 aliphatic rings. The zero-order valence-electron chi connectivity index (χ0n) is 12.9. The first-order valence-corrected chi connectivity index (χ1v) is 7.49. The van der Waals surface area contributed by atoms with Crippen LogP contribution in [0, 0.1) is 6.92 Å². The molecule has 23 heavy (non-hydrogen) atoms. The third-order valence-corrected chi connectivity index (χ3v) is 3.66. The van der Waals surface area contributed by atoms with Gasteiger partial charge < -0.3 is 9.47 Å². The summed E-state index contributed by atoms with van der Waals surface area (Å²) in [5.74, 6) is 0.941. The van der Waals surface area contributed by atoms with E-state index in [0.29, 0.717) is 29.2 Å². The average molecular weight is 330 g/mol. The summed E-state index contributed by atoms with van der Waals surface area (Å²) in [4.78, 5) is 4.12. The molecule has 1 aromatic carbocycles. The van der Waals surface area contributed by atoms with Gasteiger partial charge in [0.15, 0.2) is 0 Å². The fraction of sp³-hybridized carbons (Fsp3) is 0.176. The topological polar surface area (TPSA) is 49.2 Å². The normalized spacial score (nSPS) is 10.6. The van der Waals surface area contributed by atoms with E-state index in [-0.39, 0.29) is 0 Å². The molecule has 0 unspecified atom stereocenters. The fourth-order valence-electron chi connectivity index (χ4n) is 2.18. The predicted octanol–water partition coefficient (Wildman–Crippen LogP) is 3.82. The molecular weight excluding hydrogens is 314 g/mol. The summed E-state index contributed by atoms with van der Waals surface area (Å²) in [5.41, 5.74) is 3.02. The van der Waals surface area contributed by atoms with Gasteiger partial charge in [0.1, 0.15) is 17.4 Å². The molecule has 0 aliphatic heterocycles. The van der Waals surface area contributed by atoms with Crippen molar-refractivity contribution in [2.45, 2.75) is 13.5 Å². The first-order valence-electron chi connectivity index (χ1n) is 7.11. The molecule has 3 rings (SSSR count). The van der Waals surface area contributed by atoms with Crippen LogP contribution in [0.15, 0.2) is 48.7 Å². The highest BCUT2D eigenvalue weighted by atomic mass is 35.5. The molecule has 0 bridgehead atoms. The number of methoxy groups -OCH3 is 1. The summed E-state index contributed by atoms with van der Waals surface area (Å²) in [5, 5.41) is 4.76. The molecule has 2 aromatic heterocycles. The summed E-state index contributed by atoms with van der Waals surface area (Å²) >= 11 is 5.88. The van der Waals surface area contributed by atoms with Crippen LogP contribution in [0.1, 0.15) is 11.1 Å². The van der Waals surface area contributed by atoms with Crippen molar-refractivity contribution >= 4 is 11.6 Å². The van der Waals surface area contributed by atoms with Crippen molar-refractivity contribution < 1.29 is 9.47 Å². The van der Waals surface area contributed by atoms with Gasteiger partial charge in [-0.25, -0.2) is 4.68 Å². The molecule has 0 N–H and O–H groups in total. The third-order valence-electron chi connectivity index (χ3n) is 3.45. The molecule has 6 heteroatoms. The summed E-state index contributed by atoms with van der Waals surface area (Å²) in [6.07, 6.45) is 1.79. The zero-order chi connectivity index (χ0) is 16.2. The van der Waals surface area contributed by atoms with Crippen LogP contribution >= 0.6 is 11.6 Å². The van der Waals surface area contributed by atoms with Crippen LogP contribution in [-0.2, 0) is 6.61 Å². The van der Waals surface area contributed by atoms with Gasteiger partial charge in [0.25, 0.3) is 0 Å². The lowest BCUT2D eigenvalue weighted by Crippen LogP contribution is -2.02. The van der Waals surface area contributed by atoms with Gasteiger partial charge in [-0.15, -0.1) is 5.10 Å². The minimum absolute atomic E-state index is 0.369. The Bertz CT molecular complexity index is 817. The van der Waals surface area contributed by atoms with Crippen molar-refractivity contribution in [1.29, 1.82) is 0 Å². The van der Waals surface area contributed by atoms with Crippen molar-refractivity contribution in [3.8, 4) is 17.4 Å². The van der Waals surface area contributed by atoms with Crippen LogP contribution in [0.2, 0.25) is 5.15 Å². The number of halogens is 1. The average Bonchev–Trinajstić information content (AvgIpc) is 3.02. The molecule has 0 saturated carbocycles. The largest absolute Gasteiger partial charge is 0.479 e. The molecule has 0 aliphatic carbocycles. The van der Waals surface area contributed by atoms with Gasteiger partial charge in [0.2, 0.25) is 11.8 Å². The minimum Gasteiger partial charge on any atom is -0.479 e. The monoisotopic (exact) mass is 329 g/mol. The Morgan fingerprint density at radius 1 is 1.13 bits per heavy atom. The summed E-state index contributed by atoms with van der Waals surface area (Å²) in [6, 6.07) is 13.4. The van der Waals surface area contributed by atoms with E-state index in [2.05, 4.69) is 23.1 Å². The van der Waals surface area contributed by atoms with Gasteiger partial charge in [-0.1, -0.05) is 35.9 Å². The highest BCUT2D eigenvalue weighted by Gasteiger charge is 2.10. The maximum absolute atomic E-state index is 5.88. The van der Waals surface area contributed by atoms with Gasteiger partial charge in [-0.2, -0.15) is 4.98 Å². The van der Waals surface area contributed by atoms with E-state index in [1.54, 1.807) is 36.2 Å². The van der Waals surface area contributed by atoms with E-state index >= 15 is 0 Å². The van der Waals surface area contributed by atoms with Crippen LogP contribution in [0.25, 0.3) is 5.69 Å². The molecule has 0 spiro atoms. The number of nitrogens with zero attached hydrogens (tertiary/aromatic N) is 3. The molecule has 0 saturated heterocycles. The minimum atomic E-state index is 0.369. The molecular formula is C17H16ClN3O2. The Balaban J connectivity index is 1.77.